The average Bonchev–Trinajstić information content (AvgIpc) is 3.44. The molecule has 0 saturated carbocycles. The van der Waals surface area contributed by atoms with Crippen LogP contribution in [0.25, 0.3) is 39.2 Å². The summed E-state index contributed by atoms with van der Waals surface area (Å²) in [4.78, 5) is 32.0. The Morgan fingerprint density at radius 2 is 2.22 bits per heavy atom. The molecule has 3 N–H and O–H groups in total. The van der Waals surface area contributed by atoms with Crippen molar-refractivity contribution in [2.75, 3.05) is 0 Å². The van der Waals surface area contributed by atoms with Gasteiger partial charge in [-0.15, -0.1) is 0 Å². The fourth-order valence-electron chi connectivity index (χ4n) is 3.02. The highest BCUT2D eigenvalue weighted by molar-refractivity contribution is 6.10. The van der Waals surface area contributed by atoms with Crippen LogP contribution in [0.1, 0.15) is 31.4 Å². The maximum Gasteiger partial charge on any atom is 0.225 e. The van der Waals surface area contributed by atoms with Gasteiger partial charge in [-0.25, -0.2) is 15.0 Å². The van der Waals surface area contributed by atoms with Gasteiger partial charge in [0.2, 0.25) is 5.91 Å². The molecule has 0 unspecified atom stereocenters. The predicted octanol–water partition coefficient (Wildman–Crippen LogP) is 3.24. The second kappa shape index (κ2) is 8.61. The Balaban J connectivity index is 1.68. The van der Waals surface area contributed by atoms with Gasteiger partial charge in [-0.2, -0.15) is 10.4 Å². The number of amides is 1. The number of fused-ring (bicyclic) bond motifs is 2. The van der Waals surface area contributed by atoms with Crippen molar-refractivity contribution in [2.24, 2.45) is 4.99 Å². The number of nitrogens with zero attached hydrogens (tertiary/aromatic N) is 6. The first-order chi connectivity index (χ1) is 15.5. The molecule has 10 nitrogen and oxygen atoms in total. The summed E-state index contributed by atoms with van der Waals surface area (Å²) in [5.41, 5.74) is 4.05. The summed E-state index contributed by atoms with van der Waals surface area (Å²) in [6.45, 7) is 7.62. The monoisotopic (exact) mass is 425 g/mol. The fraction of sp³-hybridized carbons (Fsp3) is 0.136. The Bertz CT molecular complexity index is 1450. The number of hydrogen-bond acceptors (Lipinski definition) is 7. The maximum absolute atomic E-state index is 11.6. The number of nitriles is 1. The van der Waals surface area contributed by atoms with Crippen LogP contribution < -0.4 is 5.32 Å². The van der Waals surface area contributed by atoms with Crippen LogP contribution in [0.4, 0.5) is 0 Å². The van der Waals surface area contributed by atoms with Gasteiger partial charge >= 0.3 is 0 Å². The maximum atomic E-state index is 11.6. The molecule has 1 amide bonds. The predicted molar refractivity (Wildman–Crippen MR) is 121 cm³/mol. The lowest BCUT2D eigenvalue weighted by Crippen LogP contribution is -2.20. The molecule has 4 aromatic rings. The number of hydrogen-bond donors (Lipinski definition) is 3. The van der Waals surface area contributed by atoms with E-state index in [4.69, 9.17) is 0 Å². The fourth-order valence-corrected chi connectivity index (χ4v) is 3.02. The Morgan fingerprint density at radius 1 is 1.38 bits per heavy atom. The number of aromatic amines is 2. The summed E-state index contributed by atoms with van der Waals surface area (Å²) >= 11 is 0. The van der Waals surface area contributed by atoms with Crippen LogP contribution in [0.3, 0.4) is 0 Å². The van der Waals surface area contributed by atoms with Gasteiger partial charge in [-0.05, 0) is 24.6 Å². The van der Waals surface area contributed by atoms with Crippen molar-refractivity contribution in [2.45, 2.75) is 20.3 Å². The minimum atomic E-state index is -0.118. The molecular weight excluding hydrogens is 406 g/mol. The molecule has 0 atom stereocenters. The molecule has 158 valence electrons. The molecule has 0 spiro atoms. The highest BCUT2D eigenvalue weighted by Crippen LogP contribution is 2.27. The molecular formula is C22H19N9O. The summed E-state index contributed by atoms with van der Waals surface area (Å²) in [6.07, 6.45) is 8.38. The van der Waals surface area contributed by atoms with E-state index in [-0.39, 0.29) is 5.91 Å². The van der Waals surface area contributed by atoms with Gasteiger partial charge < -0.3 is 10.3 Å². The van der Waals surface area contributed by atoms with Crippen molar-refractivity contribution >= 4 is 39.8 Å². The molecule has 0 aromatic carbocycles. The number of carbonyl (C=O) groups excluding carboxylic acids is 1. The topological polar surface area (TPSA) is 148 Å². The number of aliphatic imine (C=N–C) groups is 1. The summed E-state index contributed by atoms with van der Waals surface area (Å²) in [5.74, 6) is 0.844. The van der Waals surface area contributed by atoms with E-state index in [2.05, 4.69) is 53.1 Å². The molecule has 0 aliphatic rings. The van der Waals surface area contributed by atoms with Crippen LogP contribution in [0.15, 0.2) is 48.1 Å². The summed E-state index contributed by atoms with van der Waals surface area (Å²) in [7, 11) is 0. The quantitative estimate of drug-likeness (QED) is 0.404. The van der Waals surface area contributed by atoms with Crippen molar-refractivity contribution in [1.29, 1.82) is 5.26 Å². The zero-order valence-electron chi connectivity index (χ0n) is 17.5. The molecule has 0 radical (unpaired) electrons. The number of imidazole rings is 1. The van der Waals surface area contributed by atoms with Crippen molar-refractivity contribution in [3.05, 3.63) is 54.3 Å². The van der Waals surface area contributed by atoms with Gasteiger partial charge in [0.1, 0.15) is 23.1 Å². The second-order valence-electron chi connectivity index (χ2n) is 6.83. The lowest BCUT2D eigenvalue weighted by molar-refractivity contribution is -0.120. The molecule has 4 heterocycles. The van der Waals surface area contributed by atoms with Gasteiger partial charge in [-0.3, -0.25) is 14.9 Å². The number of allylic oxidation sites excluding steroid dienone is 2. The van der Waals surface area contributed by atoms with Crippen molar-refractivity contribution < 1.29 is 4.79 Å². The first-order valence-corrected chi connectivity index (χ1v) is 9.81. The number of nitrogens with one attached hydrogen (secondary N) is 3. The smallest absolute Gasteiger partial charge is 0.225 e. The third kappa shape index (κ3) is 3.87. The third-order valence-electron chi connectivity index (χ3n) is 4.75. The highest BCUT2D eigenvalue weighted by Gasteiger charge is 2.15. The number of carbonyl (C=O) groups is 1. The van der Waals surface area contributed by atoms with Gasteiger partial charge in [0.15, 0.2) is 11.5 Å². The van der Waals surface area contributed by atoms with E-state index >= 15 is 0 Å². The van der Waals surface area contributed by atoms with E-state index < -0.39 is 0 Å². The lowest BCUT2D eigenvalue weighted by atomic mass is 10.1. The molecule has 0 aliphatic carbocycles. The Kier molecular flexibility index (Phi) is 5.55. The zero-order chi connectivity index (χ0) is 22.7. The summed E-state index contributed by atoms with van der Waals surface area (Å²) in [5, 5.41) is 19.9. The van der Waals surface area contributed by atoms with E-state index in [9.17, 15) is 10.1 Å². The average molecular weight is 425 g/mol. The first-order valence-electron chi connectivity index (χ1n) is 9.81. The van der Waals surface area contributed by atoms with E-state index in [0.29, 0.717) is 51.6 Å². The molecule has 10 heteroatoms. The van der Waals surface area contributed by atoms with Crippen LogP contribution >= 0.6 is 0 Å². The third-order valence-corrected chi connectivity index (χ3v) is 4.75. The van der Waals surface area contributed by atoms with Gasteiger partial charge in [0.25, 0.3) is 0 Å². The zero-order valence-corrected chi connectivity index (χ0v) is 17.5. The summed E-state index contributed by atoms with van der Waals surface area (Å²) < 4.78 is 0. The molecule has 32 heavy (non-hydrogen) atoms. The van der Waals surface area contributed by atoms with Crippen LogP contribution in [0.5, 0.6) is 0 Å². The standard InChI is InChI=1S/C22H19N9O/c1-4-17(28-18(32)5-2)25-8-12(3)13-6-15-20(30-31-21(15)26-10-13)22-27-16-11-24-9-14(7-23)19(16)29-22/h4,6,8-11H,3,5H2,1-2H3,(H,27,29)(H,28,32)(H,26,30,31)/b17-4+,25-8?. The number of H-pyrrole nitrogens is 2. The van der Waals surface area contributed by atoms with E-state index in [0.717, 1.165) is 10.9 Å². The minimum absolute atomic E-state index is 0.118. The molecule has 0 saturated heterocycles. The highest BCUT2D eigenvalue weighted by atomic mass is 16.1. The van der Waals surface area contributed by atoms with Gasteiger partial charge in [0.05, 0.1) is 22.7 Å². The molecule has 4 rings (SSSR count). The van der Waals surface area contributed by atoms with Crippen LogP contribution in [-0.2, 0) is 4.79 Å². The Hall–Kier alpha value is -4.65. The minimum Gasteiger partial charge on any atom is -0.335 e. The van der Waals surface area contributed by atoms with Crippen LogP contribution in [0.2, 0.25) is 0 Å². The van der Waals surface area contributed by atoms with Crippen LogP contribution in [-0.4, -0.2) is 42.3 Å². The summed E-state index contributed by atoms with van der Waals surface area (Å²) in [6, 6.07) is 3.97. The van der Waals surface area contributed by atoms with Crippen LogP contribution in [0, 0.1) is 11.3 Å². The Labute approximate surface area is 182 Å². The van der Waals surface area contributed by atoms with E-state index in [1.165, 1.54) is 6.20 Å². The molecule has 0 fully saturated rings. The van der Waals surface area contributed by atoms with E-state index in [1.54, 1.807) is 38.5 Å². The molecule has 4 aromatic heterocycles. The second-order valence-corrected chi connectivity index (χ2v) is 6.83. The van der Waals surface area contributed by atoms with Gasteiger partial charge in [-0.1, -0.05) is 13.5 Å². The van der Waals surface area contributed by atoms with Gasteiger partial charge in [0, 0.05) is 30.6 Å². The lowest BCUT2D eigenvalue weighted by Gasteiger charge is -2.04. The number of pyridine rings is 2. The largest absolute Gasteiger partial charge is 0.335 e. The number of aromatic nitrogens is 6. The van der Waals surface area contributed by atoms with Crippen molar-refractivity contribution in [3.63, 3.8) is 0 Å². The van der Waals surface area contributed by atoms with Crippen molar-refractivity contribution in [3.8, 4) is 17.6 Å². The first kappa shape index (κ1) is 20.6. The van der Waals surface area contributed by atoms with E-state index in [1.807, 2.05) is 6.07 Å². The number of rotatable bonds is 6. The normalized spacial score (nSPS) is 11.8. The SMILES string of the molecule is C=C(C=N/C(=C\C)NC(=O)CC)c1cnc2n[nH]c(-c3nc4c(C#N)cncc4[nH]3)c2c1. The Morgan fingerprint density at radius 3 is 2.97 bits per heavy atom. The molecule has 0 bridgehead atoms. The van der Waals surface area contributed by atoms with Crippen molar-refractivity contribution in [1.82, 2.24) is 35.5 Å². The molecule has 0 aliphatic heterocycles.